The van der Waals surface area contributed by atoms with Crippen molar-refractivity contribution in [3.63, 3.8) is 0 Å². The van der Waals surface area contributed by atoms with E-state index in [4.69, 9.17) is 4.74 Å². The average molecular weight is 371 g/mol. The van der Waals surface area contributed by atoms with Crippen LogP contribution in [0.15, 0.2) is 24.3 Å². The van der Waals surface area contributed by atoms with Crippen molar-refractivity contribution in [3.05, 3.63) is 29.8 Å². The molecule has 27 heavy (non-hydrogen) atoms. The standard InChI is InChI=1S/C25H38O2/c1-2-3-4-7-14-21-15-10-11-18-23(21)27-24(26)25(19-12-6-13-20-25)22-16-8-5-9-17-22/h10-11,15,18,22H,2-9,12-14,16-17,19-20H2,1H3. The molecule has 0 saturated heterocycles. The quantitative estimate of drug-likeness (QED) is 0.274. The van der Waals surface area contributed by atoms with E-state index in [1.807, 2.05) is 12.1 Å². The maximum absolute atomic E-state index is 13.5. The molecule has 0 N–H and O–H groups in total. The van der Waals surface area contributed by atoms with Crippen LogP contribution < -0.4 is 4.74 Å². The van der Waals surface area contributed by atoms with E-state index in [2.05, 4.69) is 19.1 Å². The molecule has 0 unspecified atom stereocenters. The maximum Gasteiger partial charge on any atom is 0.317 e. The minimum atomic E-state index is -0.214. The number of benzene rings is 1. The molecule has 2 aliphatic carbocycles. The lowest BCUT2D eigenvalue weighted by Gasteiger charge is -2.43. The van der Waals surface area contributed by atoms with Gasteiger partial charge < -0.3 is 4.74 Å². The maximum atomic E-state index is 13.5. The summed E-state index contributed by atoms with van der Waals surface area (Å²) in [6, 6.07) is 8.23. The van der Waals surface area contributed by atoms with Gasteiger partial charge in [-0.1, -0.05) is 82.9 Å². The highest BCUT2D eigenvalue weighted by molar-refractivity contribution is 5.80. The molecule has 0 spiro atoms. The molecule has 1 aromatic carbocycles. The van der Waals surface area contributed by atoms with Crippen LogP contribution in [0.25, 0.3) is 0 Å². The fourth-order valence-corrected chi connectivity index (χ4v) is 5.37. The van der Waals surface area contributed by atoms with Crippen LogP contribution in [0.1, 0.15) is 102 Å². The number of carbonyl (C=O) groups excluding carboxylic acids is 1. The first-order chi connectivity index (χ1) is 13.3. The summed E-state index contributed by atoms with van der Waals surface area (Å²) in [4.78, 5) is 13.5. The lowest BCUT2D eigenvalue weighted by atomic mass is 9.61. The van der Waals surface area contributed by atoms with Gasteiger partial charge in [-0.15, -0.1) is 0 Å². The molecular formula is C25H38O2. The molecule has 0 radical (unpaired) electrons. The van der Waals surface area contributed by atoms with E-state index in [1.165, 1.54) is 82.6 Å². The van der Waals surface area contributed by atoms with Crippen LogP contribution in [-0.4, -0.2) is 5.97 Å². The van der Waals surface area contributed by atoms with Crippen molar-refractivity contribution in [1.82, 2.24) is 0 Å². The Balaban J connectivity index is 1.72. The lowest BCUT2D eigenvalue weighted by molar-refractivity contribution is -0.153. The Bertz CT molecular complexity index is 580. The van der Waals surface area contributed by atoms with Gasteiger partial charge in [0.15, 0.2) is 0 Å². The Kier molecular flexibility index (Phi) is 7.79. The Morgan fingerprint density at radius 2 is 1.67 bits per heavy atom. The van der Waals surface area contributed by atoms with Crippen LogP contribution >= 0.6 is 0 Å². The number of carbonyl (C=O) groups is 1. The number of hydrogen-bond donors (Lipinski definition) is 0. The van der Waals surface area contributed by atoms with E-state index in [0.29, 0.717) is 5.92 Å². The Morgan fingerprint density at radius 1 is 0.963 bits per heavy atom. The van der Waals surface area contributed by atoms with E-state index >= 15 is 0 Å². The van der Waals surface area contributed by atoms with E-state index in [9.17, 15) is 4.79 Å². The molecule has 0 aliphatic heterocycles. The van der Waals surface area contributed by atoms with Gasteiger partial charge in [-0.05, 0) is 56.1 Å². The summed E-state index contributed by atoms with van der Waals surface area (Å²) >= 11 is 0. The summed E-state index contributed by atoms with van der Waals surface area (Å²) in [5.41, 5.74) is 0.991. The summed E-state index contributed by atoms with van der Waals surface area (Å²) in [6.07, 6.45) is 18.0. The predicted octanol–water partition coefficient (Wildman–Crippen LogP) is 7.25. The fraction of sp³-hybridized carbons (Fsp3) is 0.720. The summed E-state index contributed by atoms with van der Waals surface area (Å²) < 4.78 is 6.16. The van der Waals surface area contributed by atoms with Crippen LogP contribution in [0.5, 0.6) is 5.75 Å². The zero-order chi connectivity index (χ0) is 19.0. The van der Waals surface area contributed by atoms with Crippen molar-refractivity contribution in [2.75, 3.05) is 0 Å². The third-order valence-electron chi connectivity index (χ3n) is 7.01. The third kappa shape index (κ3) is 5.15. The largest absolute Gasteiger partial charge is 0.426 e. The van der Waals surface area contributed by atoms with Crippen LogP contribution in [-0.2, 0) is 11.2 Å². The van der Waals surface area contributed by atoms with Crippen molar-refractivity contribution >= 4 is 5.97 Å². The third-order valence-corrected chi connectivity index (χ3v) is 7.01. The second-order valence-corrected chi connectivity index (χ2v) is 8.86. The molecule has 0 atom stereocenters. The number of unbranched alkanes of at least 4 members (excludes halogenated alkanes) is 3. The van der Waals surface area contributed by atoms with Gasteiger partial charge in [0.1, 0.15) is 5.75 Å². The fourth-order valence-electron chi connectivity index (χ4n) is 5.37. The molecule has 1 aromatic rings. The number of esters is 1. The van der Waals surface area contributed by atoms with Gasteiger partial charge in [-0.2, -0.15) is 0 Å². The van der Waals surface area contributed by atoms with Gasteiger partial charge in [-0.25, -0.2) is 0 Å². The molecule has 0 bridgehead atoms. The molecule has 2 fully saturated rings. The molecule has 150 valence electrons. The number of ether oxygens (including phenoxy) is 1. The smallest absolute Gasteiger partial charge is 0.317 e. The topological polar surface area (TPSA) is 26.3 Å². The number of hydrogen-bond acceptors (Lipinski definition) is 2. The van der Waals surface area contributed by atoms with E-state index < -0.39 is 0 Å². The minimum absolute atomic E-state index is 0.0788. The van der Waals surface area contributed by atoms with E-state index in [0.717, 1.165) is 25.0 Å². The number of para-hydroxylation sites is 1. The minimum Gasteiger partial charge on any atom is -0.426 e. The molecule has 0 aromatic heterocycles. The molecular weight excluding hydrogens is 332 g/mol. The van der Waals surface area contributed by atoms with E-state index in [1.54, 1.807) is 0 Å². The SMILES string of the molecule is CCCCCCc1ccccc1OC(=O)C1(C2CCCCC2)CCCCC1. The van der Waals surface area contributed by atoms with Gasteiger partial charge in [0, 0.05) is 0 Å². The second-order valence-electron chi connectivity index (χ2n) is 8.86. The highest BCUT2D eigenvalue weighted by Gasteiger charge is 2.47. The lowest BCUT2D eigenvalue weighted by Crippen LogP contribution is -2.44. The molecule has 0 amide bonds. The summed E-state index contributed by atoms with van der Waals surface area (Å²) in [6.45, 7) is 2.24. The van der Waals surface area contributed by atoms with Crippen molar-refractivity contribution in [1.29, 1.82) is 0 Å². The molecule has 0 heterocycles. The van der Waals surface area contributed by atoms with E-state index in [-0.39, 0.29) is 11.4 Å². The van der Waals surface area contributed by atoms with Crippen LogP contribution in [0.2, 0.25) is 0 Å². The van der Waals surface area contributed by atoms with Gasteiger partial charge in [0.05, 0.1) is 5.41 Å². The monoisotopic (exact) mass is 370 g/mol. The van der Waals surface area contributed by atoms with Crippen molar-refractivity contribution < 1.29 is 9.53 Å². The molecule has 3 rings (SSSR count). The van der Waals surface area contributed by atoms with Gasteiger partial charge in [-0.3, -0.25) is 4.79 Å². The zero-order valence-corrected chi connectivity index (χ0v) is 17.3. The number of rotatable bonds is 8. The zero-order valence-electron chi connectivity index (χ0n) is 17.3. The predicted molar refractivity (Wildman–Crippen MR) is 112 cm³/mol. The molecule has 2 heteroatoms. The van der Waals surface area contributed by atoms with Gasteiger partial charge in [0.25, 0.3) is 0 Å². The highest BCUT2D eigenvalue weighted by Crippen LogP contribution is 2.49. The summed E-state index contributed by atoms with van der Waals surface area (Å²) in [5.74, 6) is 1.44. The van der Waals surface area contributed by atoms with Crippen LogP contribution in [0, 0.1) is 11.3 Å². The second kappa shape index (κ2) is 10.3. The normalized spacial score (nSPS) is 20.3. The van der Waals surface area contributed by atoms with Crippen molar-refractivity contribution in [2.24, 2.45) is 11.3 Å². The molecule has 2 saturated carbocycles. The average Bonchev–Trinajstić information content (AvgIpc) is 2.73. The highest BCUT2D eigenvalue weighted by atomic mass is 16.5. The Labute approximate surface area is 166 Å². The first-order valence-corrected chi connectivity index (χ1v) is 11.6. The van der Waals surface area contributed by atoms with Crippen molar-refractivity contribution in [2.45, 2.75) is 103 Å². The van der Waals surface area contributed by atoms with Gasteiger partial charge >= 0.3 is 5.97 Å². The van der Waals surface area contributed by atoms with Crippen LogP contribution in [0.3, 0.4) is 0 Å². The summed E-state index contributed by atoms with van der Waals surface area (Å²) in [5, 5.41) is 0. The molecule has 2 aliphatic rings. The van der Waals surface area contributed by atoms with Gasteiger partial charge in [0.2, 0.25) is 0 Å². The van der Waals surface area contributed by atoms with Crippen LogP contribution in [0.4, 0.5) is 0 Å². The first kappa shape index (κ1) is 20.4. The Hall–Kier alpha value is -1.31. The number of aryl methyl sites for hydroxylation is 1. The summed E-state index contributed by atoms with van der Waals surface area (Å²) in [7, 11) is 0. The van der Waals surface area contributed by atoms with Crippen molar-refractivity contribution in [3.8, 4) is 5.75 Å². The Morgan fingerprint density at radius 3 is 2.41 bits per heavy atom. The molecule has 2 nitrogen and oxygen atoms in total. The first-order valence-electron chi connectivity index (χ1n) is 11.6.